The van der Waals surface area contributed by atoms with Crippen LogP contribution in [0.1, 0.15) is 23.7 Å². The number of benzene rings is 1. The van der Waals surface area contributed by atoms with Gasteiger partial charge in [0.25, 0.3) is 0 Å². The van der Waals surface area contributed by atoms with E-state index in [1.165, 1.54) is 11.1 Å². The molecule has 2 aromatic heterocycles. The molecule has 114 valence electrons. The molecule has 3 aromatic rings. The molecular weight excluding hydrogens is 274 g/mol. The lowest BCUT2D eigenvalue weighted by Gasteiger charge is -2.08. The second kappa shape index (κ2) is 6.13. The third-order valence-electron chi connectivity index (χ3n) is 3.82. The lowest BCUT2D eigenvalue weighted by molar-refractivity contribution is 0.675. The maximum atomic E-state index is 4.52. The summed E-state index contributed by atoms with van der Waals surface area (Å²) in [5, 5.41) is 7.95. The zero-order chi connectivity index (χ0) is 15.5. The summed E-state index contributed by atoms with van der Waals surface area (Å²) < 4.78 is 1.96. The second-order valence-electron chi connectivity index (χ2n) is 5.48. The van der Waals surface area contributed by atoms with Gasteiger partial charge in [-0.1, -0.05) is 29.8 Å². The molecule has 0 aliphatic carbocycles. The Morgan fingerprint density at radius 3 is 2.59 bits per heavy atom. The fourth-order valence-corrected chi connectivity index (χ4v) is 2.60. The highest BCUT2D eigenvalue weighted by Gasteiger charge is 2.12. The lowest BCUT2D eigenvalue weighted by Crippen LogP contribution is -2.09. The molecule has 3 rings (SSSR count). The van der Waals surface area contributed by atoms with Gasteiger partial charge < -0.3 is 5.32 Å². The van der Waals surface area contributed by atoms with Crippen molar-refractivity contribution in [3.8, 4) is 0 Å². The summed E-state index contributed by atoms with van der Waals surface area (Å²) in [6.45, 7) is 7.81. The van der Waals surface area contributed by atoms with Crippen molar-refractivity contribution in [3.63, 3.8) is 0 Å². The topological polar surface area (TPSA) is 55.6 Å². The molecule has 0 spiro atoms. The fourth-order valence-electron chi connectivity index (χ4n) is 2.60. The average molecular weight is 295 g/mol. The minimum Gasteiger partial charge on any atom is -0.368 e. The number of hydrogen-bond donors (Lipinski definition) is 1. The molecule has 22 heavy (non-hydrogen) atoms. The highest BCUT2D eigenvalue weighted by atomic mass is 15.3. The summed E-state index contributed by atoms with van der Waals surface area (Å²) in [5.41, 5.74) is 5.47. The minimum atomic E-state index is 0.810. The van der Waals surface area contributed by atoms with E-state index in [2.05, 4.69) is 58.5 Å². The van der Waals surface area contributed by atoms with E-state index in [0.29, 0.717) is 0 Å². The van der Waals surface area contributed by atoms with Crippen LogP contribution in [0.3, 0.4) is 0 Å². The van der Waals surface area contributed by atoms with Gasteiger partial charge >= 0.3 is 0 Å². The number of aryl methyl sites for hydroxylation is 3. The molecule has 1 aromatic carbocycles. The Morgan fingerprint density at radius 1 is 1.09 bits per heavy atom. The number of fused-ring (bicyclic) bond motifs is 1. The summed E-state index contributed by atoms with van der Waals surface area (Å²) >= 11 is 0. The highest BCUT2D eigenvalue weighted by molar-refractivity contribution is 5.87. The first-order chi connectivity index (χ1) is 10.7. The Balaban J connectivity index is 1.77. The standard InChI is InChI=1S/C17H21N5/c1-4-22-16-15(13(3)21-22)19-11-20-17(16)18-10-9-14-7-5-12(2)6-8-14/h5-8,11H,4,9-10H2,1-3H3,(H,18,19,20). The van der Waals surface area contributed by atoms with E-state index in [9.17, 15) is 0 Å². The van der Waals surface area contributed by atoms with E-state index in [0.717, 1.165) is 42.1 Å². The normalized spacial score (nSPS) is 11.0. The van der Waals surface area contributed by atoms with E-state index in [1.54, 1.807) is 6.33 Å². The van der Waals surface area contributed by atoms with Gasteiger partial charge in [-0.05, 0) is 32.8 Å². The Hall–Kier alpha value is -2.43. The van der Waals surface area contributed by atoms with E-state index in [1.807, 2.05) is 11.6 Å². The first-order valence-electron chi connectivity index (χ1n) is 7.66. The molecule has 0 amide bonds. The zero-order valence-corrected chi connectivity index (χ0v) is 13.3. The molecule has 0 aliphatic rings. The third kappa shape index (κ3) is 2.79. The molecule has 0 saturated heterocycles. The van der Waals surface area contributed by atoms with E-state index in [4.69, 9.17) is 0 Å². The van der Waals surface area contributed by atoms with Crippen LogP contribution >= 0.6 is 0 Å². The molecule has 5 nitrogen and oxygen atoms in total. The minimum absolute atomic E-state index is 0.810. The van der Waals surface area contributed by atoms with Crippen LogP contribution in [-0.4, -0.2) is 26.3 Å². The molecule has 2 heterocycles. The molecular formula is C17H21N5. The van der Waals surface area contributed by atoms with Gasteiger partial charge in [0.2, 0.25) is 0 Å². The molecule has 5 heteroatoms. The number of anilines is 1. The summed E-state index contributed by atoms with van der Waals surface area (Å²) in [5.74, 6) is 0.861. The van der Waals surface area contributed by atoms with Crippen molar-refractivity contribution in [1.29, 1.82) is 0 Å². The van der Waals surface area contributed by atoms with Crippen LogP contribution in [0.4, 0.5) is 5.82 Å². The van der Waals surface area contributed by atoms with Crippen molar-refractivity contribution in [3.05, 3.63) is 47.4 Å². The van der Waals surface area contributed by atoms with Crippen LogP contribution in [0.25, 0.3) is 11.0 Å². The van der Waals surface area contributed by atoms with Crippen molar-refractivity contribution in [2.24, 2.45) is 0 Å². The summed E-state index contributed by atoms with van der Waals surface area (Å²) in [6.07, 6.45) is 2.57. The predicted octanol–water partition coefficient (Wildman–Crippen LogP) is 3.12. The van der Waals surface area contributed by atoms with Gasteiger partial charge in [-0.15, -0.1) is 0 Å². The second-order valence-corrected chi connectivity index (χ2v) is 5.48. The van der Waals surface area contributed by atoms with Gasteiger partial charge in [0, 0.05) is 13.1 Å². The quantitative estimate of drug-likeness (QED) is 0.785. The van der Waals surface area contributed by atoms with Gasteiger partial charge in [0.1, 0.15) is 17.4 Å². The van der Waals surface area contributed by atoms with Crippen LogP contribution in [0, 0.1) is 13.8 Å². The first kappa shape index (κ1) is 14.5. The average Bonchev–Trinajstić information content (AvgIpc) is 2.87. The third-order valence-corrected chi connectivity index (χ3v) is 3.82. The van der Waals surface area contributed by atoms with Crippen LogP contribution in [0.2, 0.25) is 0 Å². The number of nitrogens with zero attached hydrogens (tertiary/aromatic N) is 4. The number of nitrogens with one attached hydrogen (secondary N) is 1. The Bertz CT molecular complexity index is 774. The summed E-state index contributed by atoms with van der Waals surface area (Å²) in [7, 11) is 0. The van der Waals surface area contributed by atoms with Crippen LogP contribution in [-0.2, 0) is 13.0 Å². The van der Waals surface area contributed by atoms with Gasteiger partial charge in [-0.3, -0.25) is 4.68 Å². The van der Waals surface area contributed by atoms with Gasteiger partial charge in [-0.25, -0.2) is 9.97 Å². The van der Waals surface area contributed by atoms with Crippen LogP contribution in [0.15, 0.2) is 30.6 Å². The van der Waals surface area contributed by atoms with Crippen LogP contribution < -0.4 is 5.32 Å². The number of aromatic nitrogens is 4. The van der Waals surface area contributed by atoms with Crippen molar-refractivity contribution in [2.75, 3.05) is 11.9 Å². The SMILES string of the molecule is CCn1nc(C)c2ncnc(NCCc3ccc(C)cc3)c21. The monoisotopic (exact) mass is 295 g/mol. The molecule has 0 unspecified atom stereocenters. The molecule has 0 atom stereocenters. The van der Waals surface area contributed by atoms with Gasteiger partial charge in [-0.2, -0.15) is 5.10 Å². The van der Waals surface area contributed by atoms with Crippen molar-refractivity contribution in [2.45, 2.75) is 33.7 Å². The lowest BCUT2D eigenvalue weighted by atomic mass is 10.1. The van der Waals surface area contributed by atoms with Gasteiger partial charge in [0.05, 0.1) is 5.69 Å². The largest absolute Gasteiger partial charge is 0.368 e. The maximum absolute atomic E-state index is 4.52. The summed E-state index contributed by atoms with van der Waals surface area (Å²) in [6, 6.07) is 8.64. The van der Waals surface area contributed by atoms with Crippen LogP contribution in [0.5, 0.6) is 0 Å². The van der Waals surface area contributed by atoms with Crippen molar-refractivity contribution in [1.82, 2.24) is 19.7 Å². The number of hydrogen-bond acceptors (Lipinski definition) is 4. The molecule has 0 bridgehead atoms. The predicted molar refractivity (Wildman–Crippen MR) is 89.1 cm³/mol. The Morgan fingerprint density at radius 2 is 1.86 bits per heavy atom. The molecule has 0 fully saturated rings. The zero-order valence-electron chi connectivity index (χ0n) is 13.3. The van der Waals surface area contributed by atoms with E-state index >= 15 is 0 Å². The molecule has 0 saturated carbocycles. The first-order valence-corrected chi connectivity index (χ1v) is 7.66. The molecule has 0 radical (unpaired) electrons. The van der Waals surface area contributed by atoms with Crippen molar-refractivity contribution < 1.29 is 0 Å². The van der Waals surface area contributed by atoms with E-state index in [-0.39, 0.29) is 0 Å². The van der Waals surface area contributed by atoms with E-state index < -0.39 is 0 Å². The summed E-state index contributed by atoms with van der Waals surface area (Å²) in [4.78, 5) is 8.74. The molecule has 0 aliphatic heterocycles. The maximum Gasteiger partial charge on any atom is 0.155 e. The highest BCUT2D eigenvalue weighted by Crippen LogP contribution is 2.21. The Labute approximate surface area is 130 Å². The smallest absolute Gasteiger partial charge is 0.155 e. The fraction of sp³-hybridized carbons (Fsp3) is 0.353. The van der Waals surface area contributed by atoms with Crippen molar-refractivity contribution >= 4 is 16.9 Å². The van der Waals surface area contributed by atoms with Gasteiger partial charge in [0.15, 0.2) is 5.82 Å². The Kier molecular flexibility index (Phi) is 4.04. The molecule has 1 N–H and O–H groups in total. The number of rotatable bonds is 5.